The molecule has 0 heterocycles. The summed E-state index contributed by atoms with van der Waals surface area (Å²) in [6, 6.07) is -1.31. The number of carbonyl (C=O) groups is 2. The van der Waals surface area contributed by atoms with Gasteiger partial charge in [-0.1, -0.05) is 13.8 Å². The zero-order chi connectivity index (χ0) is 13.6. The van der Waals surface area contributed by atoms with Crippen LogP contribution in [0.3, 0.4) is 0 Å². The highest BCUT2D eigenvalue weighted by Crippen LogP contribution is 2.16. The van der Waals surface area contributed by atoms with Crippen molar-refractivity contribution >= 4 is 24.3 Å². The van der Waals surface area contributed by atoms with E-state index in [4.69, 9.17) is 20.9 Å². The summed E-state index contributed by atoms with van der Waals surface area (Å²) in [7, 11) is 0. The average molecular weight is 283 g/mol. The van der Waals surface area contributed by atoms with Gasteiger partial charge in [0.15, 0.2) is 0 Å². The fourth-order valence-corrected chi connectivity index (χ4v) is 0.838. The van der Waals surface area contributed by atoms with Crippen LogP contribution < -0.4 is 11.5 Å². The van der Waals surface area contributed by atoms with Crippen LogP contribution in [0.1, 0.15) is 27.7 Å². The van der Waals surface area contributed by atoms with Crippen LogP contribution in [-0.4, -0.2) is 37.2 Å². The molecular formula is C11H23ClN2O4. The second-order valence-corrected chi connectivity index (χ2v) is 4.96. The molecule has 0 amide bonds. The Hall–Kier alpha value is -0.850. The van der Waals surface area contributed by atoms with E-state index >= 15 is 0 Å². The highest BCUT2D eigenvalue weighted by molar-refractivity contribution is 5.85. The molecule has 0 aromatic carbocycles. The molecule has 0 aromatic rings. The quantitative estimate of drug-likeness (QED) is 0.675. The van der Waals surface area contributed by atoms with Crippen LogP contribution >= 0.6 is 12.4 Å². The molecule has 108 valence electrons. The molecule has 0 bridgehead atoms. The van der Waals surface area contributed by atoms with E-state index in [-0.39, 0.29) is 25.6 Å². The molecule has 0 fully saturated rings. The van der Waals surface area contributed by atoms with E-state index in [0.717, 1.165) is 0 Å². The van der Waals surface area contributed by atoms with Crippen LogP contribution in [0.4, 0.5) is 0 Å². The van der Waals surface area contributed by atoms with Crippen molar-refractivity contribution in [2.24, 2.45) is 16.9 Å². The van der Waals surface area contributed by atoms with Crippen LogP contribution in [0.2, 0.25) is 0 Å². The van der Waals surface area contributed by atoms with Crippen molar-refractivity contribution in [1.29, 1.82) is 0 Å². The predicted molar refractivity (Wildman–Crippen MR) is 70.2 cm³/mol. The van der Waals surface area contributed by atoms with Crippen LogP contribution in [0.25, 0.3) is 0 Å². The summed E-state index contributed by atoms with van der Waals surface area (Å²) in [6.07, 6.45) is 0. The number of carbonyl (C=O) groups excluding carboxylic acids is 2. The Morgan fingerprint density at radius 2 is 1.28 bits per heavy atom. The third-order valence-electron chi connectivity index (χ3n) is 1.95. The van der Waals surface area contributed by atoms with Gasteiger partial charge in [0, 0.05) is 5.41 Å². The van der Waals surface area contributed by atoms with Gasteiger partial charge in [-0.15, -0.1) is 12.4 Å². The number of hydrogen-bond donors (Lipinski definition) is 2. The fraction of sp³-hybridized carbons (Fsp3) is 0.818. The zero-order valence-corrected chi connectivity index (χ0v) is 12.1. The lowest BCUT2D eigenvalue weighted by Gasteiger charge is -2.24. The van der Waals surface area contributed by atoms with Crippen molar-refractivity contribution in [3.05, 3.63) is 0 Å². The topological polar surface area (TPSA) is 105 Å². The Labute approximate surface area is 114 Å². The van der Waals surface area contributed by atoms with Crippen LogP contribution in [0.15, 0.2) is 0 Å². The van der Waals surface area contributed by atoms with E-state index in [0.29, 0.717) is 0 Å². The van der Waals surface area contributed by atoms with Crippen LogP contribution in [-0.2, 0) is 19.1 Å². The monoisotopic (exact) mass is 282 g/mol. The molecule has 6 nitrogen and oxygen atoms in total. The lowest BCUT2D eigenvalue weighted by atomic mass is 9.96. The Morgan fingerprint density at radius 1 is 1.00 bits per heavy atom. The summed E-state index contributed by atoms with van der Waals surface area (Å²) in [4.78, 5) is 22.3. The normalized spacial score (nSPS) is 14.1. The van der Waals surface area contributed by atoms with E-state index in [9.17, 15) is 9.59 Å². The van der Waals surface area contributed by atoms with Crippen molar-refractivity contribution in [1.82, 2.24) is 0 Å². The second-order valence-electron chi connectivity index (χ2n) is 4.96. The maximum absolute atomic E-state index is 11.2. The van der Waals surface area contributed by atoms with E-state index in [2.05, 4.69) is 0 Å². The van der Waals surface area contributed by atoms with Gasteiger partial charge in [0.25, 0.3) is 0 Å². The summed E-state index contributed by atoms with van der Waals surface area (Å²) in [5, 5.41) is 0. The van der Waals surface area contributed by atoms with E-state index < -0.39 is 29.4 Å². The lowest BCUT2D eigenvalue weighted by Crippen LogP contribution is -2.36. The van der Waals surface area contributed by atoms with Gasteiger partial charge in [0.1, 0.15) is 12.1 Å². The highest BCUT2D eigenvalue weighted by atomic mass is 35.5. The number of esters is 2. The van der Waals surface area contributed by atoms with Crippen molar-refractivity contribution in [3.63, 3.8) is 0 Å². The molecule has 4 N–H and O–H groups in total. The first kappa shape index (κ1) is 19.5. The standard InChI is InChI=1S/C11H22N2O4.ClH/c1-7(12)9(14)16-5-11(3,4)6-17-10(15)8(2)13;/h7-8H,5-6,12-13H2,1-4H3;1H/t7-,8-;/m0./s1. The largest absolute Gasteiger partial charge is 0.464 e. The van der Waals surface area contributed by atoms with Gasteiger partial charge in [-0.3, -0.25) is 9.59 Å². The molecule has 0 rings (SSSR count). The summed E-state index contributed by atoms with van der Waals surface area (Å²) in [6.45, 7) is 7.00. The second kappa shape index (κ2) is 8.29. The summed E-state index contributed by atoms with van der Waals surface area (Å²) in [5.74, 6) is -0.951. The fourth-order valence-electron chi connectivity index (χ4n) is 0.838. The summed E-state index contributed by atoms with van der Waals surface area (Å²) < 4.78 is 9.95. The number of rotatable bonds is 6. The molecule has 0 aliphatic rings. The summed E-state index contributed by atoms with van der Waals surface area (Å²) in [5.41, 5.74) is 10.2. The maximum atomic E-state index is 11.2. The minimum Gasteiger partial charge on any atom is -0.464 e. The molecule has 2 atom stereocenters. The maximum Gasteiger partial charge on any atom is 0.322 e. The third kappa shape index (κ3) is 8.27. The SMILES string of the molecule is C[C@H](N)C(=O)OCC(C)(C)COC(=O)[C@H](C)N.Cl. The van der Waals surface area contributed by atoms with E-state index in [1.54, 1.807) is 13.8 Å². The first-order valence-electron chi connectivity index (χ1n) is 5.50. The summed E-state index contributed by atoms with van der Waals surface area (Å²) >= 11 is 0. The Balaban J connectivity index is 0. The number of ether oxygens (including phenoxy) is 2. The molecule has 0 aliphatic heterocycles. The van der Waals surface area contributed by atoms with Crippen LogP contribution in [0.5, 0.6) is 0 Å². The molecule has 0 radical (unpaired) electrons. The molecule has 0 saturated carbocycles. The smallest absolute Gasteiger partial charge is 0.322 e. The first-order valence-corrected chi connectivity index (χ1v) is 5.50. The number of nitrogens with two attached hydrogens (primary N) is 2. The zero-order valence-electron chi connectivity index (χ0n) is 11.3. The molecule has 0 unspecified atom stereocenters. The molecule has 7 heteroatoms. The Kier molecular flexibility index (Phi) is 8.97. The minimum atomic E-state index is -0.655. The Morgan fingerprint density at radius 3 is 1.50 bits per heavy atom. The third-order valence-corrected chi connectivity index (χ3v) is 1.95. The van der Waals surface area contributed by atoms with Gasteiger partial charge in [-0.25, -0.2) is 0 Å². The van der Waals surface area contributed by atoms with Crippen molar-refractivity contribution in [3.8, 4) is 0 Å². The van der Waals surface area contributed by atoms with E-state index in [1.807, 2.05) is 13.8 Å². The van der Waals surface area contributed by atoms with Gasteiger partial charge in [0.2, 0.25) is 0 Å². The molecule has 0 saturated heterocycles. The van der Waals surface area contributed by atoms with Gasteiger partial charge >= 0.3 is 11.9 Å². The predicted octanol–water partition coefficient (Wildman–Crippen LogP) is 0.215. The van der Waals surface area contributed by atoms with Crippen molar-refractivity contribution in [2.45, 2.75) is 39.8 Å². The van der Waals surface area contributed by atoms with Crippen molar-refractivity contribution < 1.29 is 19.1 Å². The van der Waals surface area contributed by atoms with Gasteiger partial charge in [-0.2, -0.15) is 0 Å². The van der Waals surface area contributed by atoms with E-state index in [1.165, 1.54) is 0 Å². The van der Waals surface area contributed by atoms with Gasteiger partial charge in [-0.05, 0) is 13.8 Å². The van der Waals surface area contributed by atoms with Crippen molar-refractivity contribution in [2.75, 3.05) is 13.2 Å². The average Bonchev–Trinajstić information content (AvgIpc) is 2.22. The molecule has 0 spiro atoms. The molecule has 0 aromatic heterocycles. The Bertz CT molecular complexity index is 254. The van der Waals surface area contributed by atoms with Gasteiger partial charge < -0.3 is 20.9 Å². The molecular weight excluding hydrogens is 260 g/mol. The molecule has 18 heavy (non-hydrogen) atoms. The molecule has 0 aliphatic carbocycles. The van der Waals surface area contributed by atoms with Crippen LogP contribution in [0, 0.1) is 5.41 Å². The number of halogens is 1. The number of hydrogen-bond acceptors (Lipinski definition) is 6. The minimum absolute atomic E-state index is 0. The first-order chi connectivity index (χ1) is 7.65. The lowest BCUT2D eigenvalue weighted by molar-refractivity contribution is -0.153. The highest BCUT2D eigenvalue weighted by Gasteiger charge is 2.24. The van der Waals surface area contributed by atoms with Gasteiger partial charge in [0.05, 0.1) is 13.2 Å².